The molecule has 0 saturated carbocycles. The summed E-state index contributed by atoms with van der Waals surface area (Å²) in [5.74, 6) is 1.62. The predicted octanol–water partition coefficient (Wildman–Crippen LogP) is 14.3. The van der Waals surface area contributed by atoms with E-state index < -0.39 is 0 Å². The molecular weight excluding hydrogens is 532 g/mol. The van der Waals surface area contributed by atoms with Gasteiger partial charge in [0.2, 0.25) is 0 Å². The van der Waals surface area contributed by atoms with Crippen LogP contribution in [0.25, 0.3) is 0 Å². The zero-order valence-electron chi connectivity index (χ0n) is 31.0. The van der Waals surface area contributed by atoms with Crippen LogP contribution < -0.4 is 4.57 Å². The average molecular weight is 616 g/mol. The molecule has 0 bridgehead atoms. The molecule has 2 heteroatoms. The molecule has 260 valence electrons. The first-order valence-electron chi connectivity index (χ1n) is 20.9. The summed E-state index contributed by atoms with van der Waals surface area (Å²) in [5, 5.41) is 0. The number of aromatic nitrogens is 2. The lowest BCUT2D eigenvalue weighted by Crippen LogP contribution is -2.37. The molecule has 0 amide bonds. The van der Waals surface area contributed by atoms with Gasteiger partial charge >= 0.3 is 0 Å². The van der Waals surface area contributed by atoms with Crippen LogP contribution in [0, 0.1) is 0 Å². The van der Waals surface area contributed by atoms with Crippen molar-refractivity contribution in [2.45, 2.75) is 252 Å². The third kappa shape index (κ3) is 25.4. The van der Waals surface area contributed by atoms with Crippen LogP contribution in [-0.2, 0) is 19.5 Å². The maximum Gasteiger partial charge on any atom is 0.256 e. The largest absolute Gasteiger partial charge is 0.256 e. The Labute approximate surface area is 279 Å². The van der Waals surface area contributed by atoms with E-state index in [0.717, 1.165) is 0 Å². The van der Waals surface area contributed by atoms with Gasteiger partial charge in [-0.3, -0.25) is 0 Å². The molecule has 0 aliphatic carbocycles. The Morgan fingerprint density at radius 2 is 0.705 bits per heavy atom. The number of rotatable bonds is 36. The van der Waals surface area contributed by atoms with Gasteiger partial charge in [0.1, 0.15) is 12.4 Å². The van der Waals surface area contributed by atoms with Crippen molar-refractivity contribution < 1.29 is 4.57 Å². The molecule has 0 saturated heterocycles. The summed E-state index contributed by atoms with van der Waals surface area (Å²) >= 11 is 0. The van der Waals surface area contributed by atoms with Gasteiger partial charge in [-0.1, -0.05) is 201 Å². The highest BCUT2D eigenvalue weighted by Crippen LogP contribution is 2.15. The Bertz CT molecular complexity index is 677. The van der Waals surface area contributed by atoms with Gasteiger partial charge in [-0.2, -0.15) is 0 Å². The molecular formula is C42H83N2+. The molecule has 2 nitrogen and oxygen atoms in total. The minimum absolute atomic E-state index is 1.23. The van der Waals surface area contributed by atoms with E-state index in [0.29, 0.717) is 0 Å². The normalized spacial score (nSPS) is 11.6. The molecule has 1 rings (SSSR count). The van der Waals surface area contributed by atoms with Crippen molar-refractivity contribution in [2.24, 2.45) is 0 Å². The van der Waals surface area contributed by atoms with Crippen LogP contribution in [0.4, 0.5) is 0 Å². The van der Waals surface area contributed by atoms with Crippen LogP contribution in [0.15, 0.2) is 12.4 Å². The van der Waals surface area contributed by atoms with E-state index in [-0.39, 0.29) is 0 Å². The number of unbranched alkanes of at least 4 members (excludes halogenated alkanes) is 30. The van der Waals surface area contributed by atoms with Gasteiger partial charge in [0.05, 0.1) is 13.1 Å². The van der Waals surface area contributed by atoms with Crippen LogP contribution in [0.3, 0.4) is 0 Å². The van der Waals surface area contributed by atoms with Crippen molar-refractivity contribution in [3.05, 3.63) is 18.2 Å². The first-order valence-corrected chi connectivity index (χ1v) is 20.9. The van der Waals surface area contributed by atoms with Crippen molar-refractivity contribution in [3.8, 4) is 0 Å². The monoisotopic (exact) mass is 616 g/mol. The average Bonchev–Trinajstić information content (AvgIpc) is 3.42. The highest BCUT2D eigenvalue weighted by atomic mass is 15.1. The molecule has 1 aromatic rings. The summed E-state index contributed by atoms with van der Waals surface area (Å²) in [6.45, 7) is 9.41. The second-order valence-corrected chi connectivity index (χ2v) is 14.5. The fraction of sp³-hybridized carbons (Fsp3) is 0.929. The quantitative estimate of drug-likeness (QED) is 0.0524. The van der Waals surface area contributed by atoms with Crippen LogP contribution in [0.1, 0.15) is 238 Å². The van der Waals surface area contributed by atoms with Gasteiger partial charge in [-0.05, 0) is 32.1 Å². The zero-order valence-corrected chi connectivity index (χ0v) is 31.0. The Morgan fingerprint density at radius 1 is 0.386 bits per heavy atom. The third-order valence-electron chi connectivity index (χ3n) is 10.1. The van der Waals surface area contributed by atoms with Crippen molar-refractivity contribution in [2.75, 3.05) is 0 Å². The van der Waals surface area contributed by atoms with Crippen molar-refractivity contribution in [1.29, 1.82) is 0 Å². The van der Waals surface area contributed by atoms with Crippen molar-refractivity contribution in [1.82, 2.24) is 4.57 Å². The Kier molecular flexibility index (Phi) is 31.5. The Hall–Kier alpha value is -0.790. The molecule has 0 atom stereocenters. The van der Waals surface area contributed by atoms with Crippen LogP contribution in [-0.4, -0.2) is 4.57 Å². The molecule has 0 aliphatic rings. The summed E-state index contributed by atoms with van der Waals surface area (Å²) in [5.41, 5.74) is 0. The standard InChI is InChI=1S/C42H83N2/c1-4-7-10-13-16-19-21-22-23-24-25-27-30-33-36-39-44-41-40-43(38-35-32-29-18-15-12-9-6-3)42(44)37-34-31-28-26-20-17-14-11-8-5-2/h40-41H,4-39H2,1-3H3/q+1. The fourth-order valence-corrected chi connectivity index (χ4v) is 7.03. The van der Waals surface area contributed by atoms with Gasteiger partial charge in [-0.15, -0.1) is 0 Å². The van der Waals surface area contributed by atoms with Gasteiger partial charge in [0.15, 0.2) is 0 Å². The van der Waals surface area contributed by atoms with Crippen LogP contribution >= 0.6 is 0 Å². The highest BCUT2D eigenvalue weighted by molar-refractivity contribution is 4.84. The SMILES string of the molecule is CCCCCCCCCCCCCCCCC[n+]1ccn(CCCCCCCCCC)c1CCCCCCCCCCCC. The third-order valence-corrected chi connectivity index (χ3v) is 10.1. The van der Waals surface area contributed by atoms with E-state index >= 15 is 0 Å². The second kappa shape index (κ2) is 33.6. The first kappa shape index (κ1) is 41.2. The summed E-state index contributed by atoms with van der Waals surface area (Å²) < 4.78 is 5.27. The number of imidazole rings is 1. The smallest absolute Gasteiger partial charge is 0.234 e. The van der Waals surface area contributed by atoms with Crippen molar-refractivity contribution >= 4 is 0 Å². The predicted molar refractivity (Wildman–Crippen MR) is 198 cm³/mol. The van der Waals surface area contributed by atoms with E-state index in [4.69, 9.17) is 0 Å². The summed E-state index contributed by atoms with van der Waals surface area (Å²) in [6.07, 6.45) is 53.4. The van der Waals surface area contributed by atoms with Crippen LogP contribution in [0.2, 0.25) is 0 Å². The van der Waals surface area contributed by atoms with Gasteiger partial charge < -0.3 is 0 Å². The first-order chi connectivity index (χ1) is 21.8. The maximum absolute atomic E-state index is 2.64. The second-order valence-electron chi connectivity index (χ2n) is 14.5. The molecule has 0 radical (unpaired) electrons. The summed E-state index contributed by atoms with van der Waals surface area (Å²) in [4.78, 5) is 0. The molecule has 44 heavy (non-hydrogen) atoms. The number of nitrogens with zero attached hydrogens (tertiary/aromatic N) is 2. The molecule has 0 N–H and O–H groups in total. The summed E-state index contributed by atoms with van der Waals surface area (Å²) in [6, 6.07) is 0. The van der Waals surface area contributed by atoms with Crippen molar-refractivity contribution in [3.63, 3.8) is 0 Å². The minimum Gasteiger partial charge on any atom is -0.234 e. The van der Waals surface area contributed by atoms with E-state index in [9.17, 15) is 0 Å². The van der Waals surface area contributed by atoms with E-state index in [1.54, 1.807) is 5.82 Å². The van der Waals surface area contributed by atoms with Gasteiger partial charge in [-0.25, -0.2) is 9.13 Å². The minimum atomic E-state index is 1.23. The Morgan fingerprint density at radius 3 is 1.09 bits per heavy atom. The molecule has 0 fully saturated rings. The van der Waals surface area contributed by atoms with Crippen LogP contribution in [0.5, 0.6) is 0 Å². The zero-order chi connectivity index (χ0) is 31.6. The topological polar surface area (TPSA) is 8.81 Å². The lowest BCUT2D eigenvalue weighted by Gasteiger charge is -2.07. The molecule has 0 aliphatic heterocycles. The highest BCUT2D eigenvalue weighted by Gasteiger charge is 2.16. The molecule has 1 heterocycles. The summed E-state index contributed by atoms with van der Waals surface area (Å²) in [7, 11) is 0. The molecule has 1 aromatic heterocycles. The lowest BCUT2D eigenvalue weighted by atomic mass is 10.0. The van der Waals surface area contributed by atoms with E-state index in [2.05, 4.69) is 42.3 Å². The number of hydrogen-bond donors (Lipinski definition) is 0. The molecule has 0 aromatic carbocycles. The Balaban J connectivity index is 2.25. The number of aryl methyl sites for hydroxylation is 2. The maximum atomic E-state index is 2.64. The fourth-order valence-electron chi connectivity index (χ4n) is 7.03. The van der Waals surface area contributed by atoms with E-state index in [1.165, 1.54) is 231 Å². The van der Waals surface area contributed by atoms with Gasteiger partial charge in [0.25, 0.3) is 5.82 Å². The van der Waals surface area contributed by atoms with Gasteiger partial charge in [0, 0.05) is 6.42 Å². The number of hydrogen-bond acceptors (Lipinski definition) is 0. The lowest BCUT2D eigenvalue weighted by molar-refractivity contribution is -0.704. The van der Waals surface area contributed by atoms with E-state index in [1.807, 2.05) is 0 Å². The molecule has 0 spiro atoms. The molecule has 0 unspecified atom stereocenters.